The minimum Gasteiger partial charge on any atom is -0.479 e. The van der Waals surface area contributed by atoms with Gasteiger partial charge in [0.25, 0.3) is 0 Å². The molecule has 0 spiro atoms. The maximum atomic E-state index is 11.5. The molecule has 2 N–H and O–H groups in total. The lowest BCUT2D eigenvalue weighted by atomic mass is 9.86. The van der Waals surface area contributed by atoms with Gasteiger partial charge < -0.3 is 10.2 Å². The minimum atomic E-state index is -2.13. The second-order valence-electron chi connectivity index (χ2n) is 4.03. The summed E-state index contributed by atoms with van der Waals surface area (Å²) in [4.78, 5) is 11.5. The molecule has 0 amide bonds. The van der Waals surface area contributed by atoms with Gasteiger partial charge >= 0.3 is 5.97 Å². The fourth-order valence-corrected chi connectivity index (χ4v) is 2.05. The first-order valence-corrected chi connectivity index (χ1v) is 6.18. The lowest BCUT2D eigenvalue weighted by molar-refractivity contribution is -0.155. The summed E-state index contributed by atoms with van der Waals surface area (Å²) in [6, 6.07) is 12.0. The molecule has 0 fully saturated rings. The lowest BCUT2D eigenvalue weighted by Crippen LogP contribution is -2.36. The molecule has 0 aromatic heterocycles. The van der Waals surface area contributed by atoms with E-state index >= 15 is 0 Å². The van der Waals surface area contributed by atoms with Gasteiger partial charge in [0.1, 0.15) is 0 Å². The molecule has 3 nitrogen and oxygen atoms in total. The second-order valence-corrected chi connectivity index (χ2v) is 4.90. The number of hydrogen-bond donors (Lipinski definition) is 2. The first-order valence-electron chi connectivity index (χ1n) is 5.42. The molecular weight excluding hydrogens is 287 g/mol. The largest absolute Gasteiger partial charge is 0.479 e. The van der Waals surface area contributed by atoms with Gasteiger partial charge in [-0.3, -0.25) is 0 Å². The summed E-state index contributed by atoms with van der Waals surface area (Å²) < 4.78 is 0. The second kappa shape index (κ2) is 5.21. The van der Waals surface area contributed by atoms with Crippen LogP contribution >= 0.6 is 23.2 Å². The minimum absolute atomic E-state index is 0.228. The number of carbonyl (C=O) groups is 1. The van der Waals surface area contributed by atoms with Crippen molar-refractivity contribution in [3.05, 3.63) is 69.7 Å². The van der Waals surface area contributed by atoms with E-state index in [1.54, 1.807) is 0 Å². The van der Waals surface area contributed by atoms with Crippen molar-refractivity contribution >= 4 is 29.2 Å². The molecule has 0 aliphatic heterocycles. The van der Waals surface area contributed by atoms with Gasteiger partial charge in [-0.25, -0.2) is 4.79 Å². The van der Waals surface area contributed by atoms with Crippen LogP contribution in [0.5, 0.6) is 0 Å². The Labute approximate surface area is 120 Å². The molecule has 0 saturated carbocycles. The Balaban J connectivity index is 2.57. The molecule has 0 aliphatic rings. The van der Waals surface area contributed by atoms with Crippen molar-refractivity contribution in [3.8, 4) is 0 Å². The number of hydrogen-bond acceptors (Lipinski definition) is 2. The number of aliphatic hydroxyl groups is 1. The van der Waals surface area contributed by atoms with Gasteiger partial charge in [0.2, 0.25) is 5.60 Å². The number of carboxylic acid groups (broad SMARTS) is 1. The molecular formula is C14H10Cl2O3. The van der Waals surface area contributed by atoms with Gasteiger partial charge in [0.15, 0.2) is 0 Å². The van der Waals surface area contributed by atoms with Crippen molar-refractivity contribution in [1.29, 1.82) is 0 Å². The molecule has 0 bridgehead atoms. The summed E-state index contributed by atoms with van der Waals surface area (Å²) in [6.07, 6.45) is 0. The Kier molecular flexibility index (Phi) is 3.80. The third kappa shape index (κ3) is 2.59. The number of benzene rings is 2. The van der Waals surface area contributed by atoms with E-state index in [1.165, 1.54) is 48.5 Å². The van der Waals surface area contributed by atoms with Gasteiger partial charge in [-0.05, 0) is 35.4 Å². The molecule has 0 aliphatic carbocycles. The first kappa shape index (κ1) is 13.9. The average molecular weight is 297 g/mol. The Hall–Kier alpha value is -1.55. The Morgan fingerprint density at radius 3 is 1.42 bits per heavy atom. The van der Waals surface area contributed by atoms with Gasteiger partial charge in [-0.1, -0.05) is 47.5 Å². The zero-order valence-electron chi connectivity index (χ0n) is 9.68. The van der Waals surface area contributed by atoms with E-state index in [2.05, 4.69) is 0 Å². The van der Waals surface area contributed by atoms with Gasteiger partial charge in [0, 0.05) is 10.0 Å². The van der Waals surface area contributed by atoms with Crippen LogP contribution in [0.2, 0.25) is 10.0 Å². The van der Waals surface area contributed by atoms with E-state index in [9.17, 15) is 15.0 Å². The highest BCUT2D eigenvalue weighted by Crippen LogP contribution is 2.31. The molecule has 5 heteroatoms. The molecule has 0 unspecified atom stereocenters. The van der Waals surface area contributed by atoms with Gasteiger partial charge in [0.05, 0.1) is 0 Å². The van der Waals surface area contributed by atoms with Crippen LogP contribution in [-0.4, -0.2) is 16.2 Å². The predicted octanol–water partition coefficient (Wildman–Crippen LogP) is 3.31. The molecule has 2 aromatic carbocycles. The maximum absolute atomic E-state index is 11.5. The Bertz CT molecular complexity index is 546. The fourth-order valence-electron chi connectivity index (χ4n) is 1.80. The summed E-state index contributed by atoms with van der Waals surface area (Å²) in [5.41, 5.74) is -1.67. The predicted molar refractivity (Wildman–Crippen MR) is 73.5 cm³/mol. The maximum Gasteiger partial charge on any atom is 0.345 e. The Morgan fingerprint density at radius 2 is 1.16 bits per heavy atom. The zero-order valence-corrected chi connectivity index (χ0v) is 11.2. The van der Waals surface area contributed by atoms with Gasteiger partial charge in [-0.15, -0.1) is 0 Å². The lowest BCUT2D eigenvalue weighted by Gasteiger charge is -2.24. The van der Waals surface area contributed by atoms with E-state index in [4.69, 9.17) is 23.2 Å². The Morgan fingerprint density at radius 1 is 0.842 bits per heavy atom. The smallest absolute Gasteiger partial charge is 0.345 e. The van der Waals surface area contributed by atoms with Crippen molar-refractivity contribution < 1.29 is 15.0 Å². The van der Waals surface area contributed by atoms with E-state index < -0.39 is 11.6 Å². The SMILES string of the molecule is O=C(O)C(O)(c1ccc(Cl)cc1)c1ccc(Cl)cc1. The molecule has 0 heterocycles. The third-order valence-electron chi connectivity index (χ3n) is 2.83. The van der Waals surface area contributed by atoms with Crippen LogP contribution in [0.25, 0.3) is 0 Å². The summed E-state index contributed by atoms with van der Waals surface area (Å²) >= 11 is 11.5. The van der Waals surface area contributed by atoms with Gasteiger partial charge in [-0.2, -0.15) is 0 Å². The monoisotopic (exact) mass is 296 g/mol. The molecule has 19 heavy (non-hydrogen) atoms. The normalized spacial score (nSPS) is 11.3. The van der Waals surface area contributed by atoms with Crippen LogP contribution in [0.1, 0.15) is 11.1 Å². The van der Waals surface area contributed by atoms with E-state index in [0.29, 0.717) is 10.0 Å². The summed E-state index contributed by atoms with van der Waals surface area (Å²) in [6.45, 7) is 0. The van der Waals surface area contributed by atoms with E-state index in [0.717, 1.165) is 0 Å². The topological polar surface area (TPSA) is 57.5 Å². The van der Waals surface area contributed by atoms with Crippen LogP contribution in [0.3, 0.4) is 0 Å². The first-order chi connectivity index (χ1) is 8.94. The van der Waals surface area contributed by atoms with E-state index in [-0.39, 0.29) is 11.1 Å². The van der Waals surface area contributed by atoms with Crippen molar-refractivity contribution in [1.82, 2.24) is 0 Å². The molecule has 0 atom stereocenters. The number of aliphatic carboxylic acids is 1. The summed E-state index contributed by atoms with van der Waals surface area (Å²) in [7, 11) is 0. The molecule has 0 radical (unpaired) electrons. The van der Waals surface area contributed by atoms with Crippen molar-refractivity contribution in [2.24, 2.45) is 0 Å². The summed E-state index contributed by atoms with van der Waals surface area (Å²) in [5, 5.41) is 20.8. The molecule has 98 valence electrons. The molecule has 2 aromatic rings. The number of halogens is 2. The highest BCUT2D eigenvalue weighted by atomic mass is 35.5. The van der Waals surface area contributed by atoms with Crippen molar-refractivity contribution in [2.75, 3.05) is 0 Å². The molecule has 2 rings (SSSR count). The quantitative estimate of drug-likeness (QED) is 0.913. The van der Waals surface area contributed by atoms with Crippen LogP contribution in [-0.2, 0) is 10.4 Å². The molecule has 0 saturated heterocycles. The highest BCUT2D eigenvalue weighted by Gasteiger charge is 2.40. The number of carboxylic acids is 1. The van der Waals surface area contributed by atoms with E-state index in [1.807, 2.05) is 0 Å². The van der Waals surface area contributed by atoms with Crippen LogP contribution in [0.15, 0.2) is 48.5 Å². The van der Waals surface area contributed by atoms with Crippen LogP contribution in [0.4, 0.5) is 0 Å². The van der Waals surface area contributed by atoms with Crippen molar-refractivity contribution in [2.45, 2.75) is 5.60 Å². The van der Waals surface area contributed by atoms with Crippen LogP contribution in [0, 0.1) is 0 Å². The standard InChI is InChI=1S/C14H10Cl2O3/c15-11-5-1-9(2-6-11)14(19,13(17)18)10-3-7-12(16)8-4-10/h1-8,19H,(H,17,18). The highest BCUT2D eigenvalue weighted by molar-refractivity contribution is 6.30. The third-order valence-corrected chi connectivity index (χ3v) is 3.34. The zero-order chi connectivity index (χ0) is 14.0. The summed E-state index contributed by atoms with van der Waals surface area (Å²) in [5.74, 6) is -1.36. The fraction of sp³-hybridized carbons (Fsp3) is 0.0714. The number of rotatable bonds is 3. The van der Waals surface area contributed by atoms with Crippen molar-refractivity contribution in [3.63, 3.8) is 0 Å². The van der Waals surface area contributed by atoms with Crippen LogP contribution < -0.4 is 0 Å². The average Bonchev–Trinajstić information content (AvgIpc) is 2.39.